The molecule has 2 aromatic heterocycles. The summed E-state index contributed by atoms with van der Waals surface area (Å²) < 4.78 is 13.4. The Labute approximate surface area is 127 Å². The third-order valence-corrected chi connectivity index (χ3v) is 4.62. The summed E-state index contributed by atoms with van der Waals surface area (Å²) in [6.45, 7) is 1.92. The number of hydrogen-bond acceptors (Lipinski definition) is 5. The second kappa shape index (κ2) is 4.81. The molecule has 0 N–H and O–H groups in total. The zero-order valence-corrected chi connectivity index (χ0v) is 12.7. The van der Waals surface area contributed by atoms with E-state index in [1.54, 1.807) is 7.11 Å². The van der Waals surface area contributed by atoms with Crippen molar-refractivity contribution < 1.29 is 9.47 Å². The van der Waals surface area contributed by atoms with Gasteiger partial charge in [-0.1, -0.05) is 0 Å². The number of methoxy groups -OCH3 is 1. The summed E-state index contributed by atoms with van der Waals surface area (Å²) in [6, 6.07) is 0.254. The van der Waals surface area contributed by atoms with Crippen LogP contribution in [0, 0.1) is 0 Å². The Morgan fingerprint density at radius 3 is 2.90 bits per heavy atom. The number of halogens is 1. The van der Waals surface area contributed by atoms with Gasteiger partial charge in [0.25, 0.3) is 0 Å². The molecule has 2 aliphatic rings. The molecular formula is C14H17ClN4O2. The number of aromatic nitrogens is 4. The third kappa shape index (κ3) is 1.92. The van der Waals surface area contributed by atoms with Crippen molar-refractivity contribution >= 4 is 22.8 Å². The van der Waals surface area contributed by atoms with E-state index in [4.69, 9.17) is 21.1 Å². The van der Waals surface area contributed by atoms with Gasteiger partial charge < -0.3 is 14.0 Å². The average Bonchev–Trinajstić information content (AvgIpc) is 3.18. The number of nitrogens with zero attached hydrogens (tertiary/aromatic N) is 4. The van der Waals surface area contributed by atoms with Crippen LogP contribution in [0.4, 0.5) is 0 Å². The Bertz CT molecular complexity index is 687. The molecule has 21 heavy (non-hydrogen) atoms. The van der Waals surface area contributed by atoms with Crippen molar-refractivity contribution in [3.8, 4) is 5.88 Å². The van der Waals surface area contributed by atoms with Gasteiger partial charge in [0.1, 0.15) is 12.2 Å². The number of rotatable bonds is 3. The Kier molecular flexibility index (Phi) is 3.04. The summed E-state index contributed by atoms with van der Waals surface area (Å²) in [4.78, 5) is 13.2. The molecule has 2 fully saturated rings. The van der Waals surface area contributed by atoms with Crippen molar-refractivity contribution in [1.29, 1.82) is 0 Å². The molecule has 4 rings (SSSR count). The fourth-order valence-electron chi connectivity index (χ4n) is 3.54. The minimum absolute atomic E-state index is 0.206. The molecule has 4 heterocycles. The van der Waals surface area contributed by atoms with E-state index in [1.807, 2.05) is 6.92 Å². The molecule has 0 radical (unpaired) electrons. The monoisotopic (exact) mass is 308 g/mol. The van der Waals surface area contributed by atoms with Crippen molar-refractivity contribution in [1.82, 2.24) is 19.5 Å². The van der Waals surface area contributed by atoms with Gasteiger partial charge in [0.2, 0.25) is 5.88 Å². The predicted molar refractivity (Wildman–Crippen MR) is 77.7 cm³/mol. The summed E-state index contributed by atoms with van der Waals surface area (Å²) in [7, 11) is 1.59. The normalized spacial score (nSPS) is 29.2. The lowest BCUT2D eigenvalue weighted by Gasteiger charge is -2.23. The zero-order chi connectivity index (χ0) is 14.6. The molecule has 7 heteroatoms. The molecule has 112 valence electrons. The molecule has 0 amide bonds. The van der Waals surface area contributed by atoms with Crippen LogP contribution in [0.25, 0.3) is 11.2 Å². The Morgan fingerprint density at radius 2 is 2.29 bits per heavy atom. The van der Waals surface area contributed by atoms with Crippen molar-refractivity contribution in [2.24, 2.45) is 0 Å². The average molecular weight is 309 g/mol. The predicted octanol–water partition coefficient (Wildman–Crippen LogP) is 2.63. The van der Waals surface area contributed by atoms with Crippen LogP contribution in [0.5, 0.6) is 5.88 Å². The van der Waals surface area contributed by atoms with Gasteiger partial charge in [0.05, 0.1) is 30.7 Å². The minimum atomic E-state index is -0.206. The highest BCUT2D eigenvalue weighted by atomic mass is 35.5. The highest BCUT2D eigenvalue weighted by molar-refractivity contribution is 6.20. The van der Waals surface area contributed by atoms with E-state index in [1.165, 1.54) is 6.33 Å². The van der Waals surface area contributed by atoms with E-state index in [0.29, 0.717) is 17.5 Å². The van der Waals surface area contributed by atoms with Crippen LogP contribution < -0.4 is 4.74 Å². The molecule has 4 atom stereocenters. The maximum atomic E-state index is 6.34. The number of hydrogen-bond donors (Lipinski definition) is 0. The van der Waals surface area contributed by atoms with Crippen LogP contribution in [0.2, 0.25) is 0 Å². The Morgan fingerprint density at radius 1 is 1.43 bits per heavy atom. The van der Waals surface area contributed by atoms with Gasteiger partial charge in [-0.3, -0.25) is 0 Å². The fraction of sp³-hybridized carbons (Fsp3) is 0.643. The van der Waals surface area contributed by atoms with Crippen LogP contribution in [0.15, 0.2) is 6.33 Å². The molecule has 0 aromatic carbocycles. The molecule has 4 unspecified atom stereocenters. The quantitative estimate of drug-likeness (QED) is 0.816. The van der Waals surface area contributed by atoms with Crippen molar-refractivity contribution in [2.75, 3.05) is 7.11 Å². The van der Waals surface area contributed by atoms with Crippen LogP contribution in [-0.2, 0) is 4.74 Å². The summed E-state index contributed by atoms with van der Waals surface area (Å²) in [5, 5.41) is -0.206. The Balaban J connectivity index is 1.91. The number of alkyl halides is 1. The van der Waals surface area contributed by atoms with Crippen LogP contribution >= 0.6 is 11.6 Å². The first-order valence-electron chi connectivity index (χ1n) is 7.25. The highest BCUT2D eigenvalue weighted by Gasteiger charge is 2.43. The molecule has 0 saturated carbocycles. The van der Waals surface area contributed by atoms with E-state index in [2.05, 4.69) is 19.5 Å². The van der Waals surface area contributed by atoms with Gasteiger partial charge in [-0.15, -0.1) is 11.6 Å². The van der Waals surface area contributed by atoms with Gasteiger partial charge in [-0.25, -0.2) is 9.97 Å². The lowest BCUT2D eigenvalue weighted by molar-refractivity contribution is 0.0939. The first-order valence-corrected chi connectivity index (χ1v) is 7.69. The lowest BCUT2D eigenvalue weighted by atomic mass is 9.95. The molecule has 2 aliphatic heterocycles. The van der Waals surface area contributed by atoms with Crippen LogP contribution in [-0.4, -0.2) is 38.8 Å². The maximum Gasteiger partial charge on any atom is 0.245 e. The van der Waals surface area contributed by atoms with Crippen LogP contribution in [0.1, 0.15) is 43.4 Å². The van der Waals surface area contributed by atoms with Gasteiger partial charge in [0.15, 0.2) is 11.2 Å². The molecule has 0 aliphatic carbocycles. The van der Waals surface area contributed by atoms with E-state index in [9.17, 15) is 0 Å². The Hall–Kier alpha value is -1.40. The smallest absolute Gasteiger partial charge is 0.245 e. The standard InChI is InChI=1S/C14H17ClN4O2/c1-7(15)12-18-11-13(16-6-17-14(11)20-2)19(12)9-5-8-3-4-10(9)21-8/h6-10H,3-5H2,1-2H3. The maximum absolute atomic E-state index is 6.34. The largest absolute Gasteiger partial charge is 0.479 e. The number of fused-ring (bicyclic) bond motifs is 3. The topological polar surface area (TPSA) is 62.1 Å². The lowest BCUT2D eigenvalue weighted by Crippen LogP contribution is -2.23. The fourth-order valence-corrected chi connectivity index (χ4v) is 3.70. The minimum Gasteiger partial charge on any atom is -0.479 e. The third-order valence-electron chi connectivity index (χ3n) is 4.43. The van der Waals surface area contributed by atoms with Crippen molar-refractivity contribution in [2.45, 2.75) is 49.8 Å². The molecule has 0 spiro atoms. The van der Waals surface area contributed by atoms with E-state index >= 15 is 0 Å². The highest BCUT2D eigenvalue weighted by Crippen LogP contribution is 2.44. The van der Waals surface area contributed by atoms with Gasteiger partial charge in [0, 0.05) is 0 Å². The first kappa shape index (κ1) is 13.3. The van der Waals surface area contributed by atoms with Gasteiger partial charge >= 0.3 is 0 Å². The summed E-state index contributed by atoms with van der Waals surface area (Å²) in [6.07, 6.45) is 5.35. The molecule has 2 saturated heterocycles. The summed E-state index contributed by atoms with van der Waals surface area (Å²) in [5.41, 5.74) is 1.45. The second-order valence-corrected chi connectivity index (χ2v) is 6.34. The van der Waals surface area contributed by atoms with Crippen molar-refractivity contribution in [3.05, 3.63) is 12.2 Å². The SMILES string of the molecule is COc1ncnc2c1nc(C(C)Cl)n2C1CC2CCC1O2. The van der Waals surface area contributed by atoms with Gasteiger partial charge in [-0.2, -0.15) is 4.98 Å². The first-order chi connectivity index (χ1) is 10.2. The van der Waals surface area contributed by atoms with E-state index in [-0.39, 0.29) is 17.5 Å². The van der Waals surface area contributed by atoms with E-state index in [0.717, 1.165) is 30.7 Å². The molecular weight excluding hydrogens is 292 g/mol. The van der Waals surface area contributed by atoms with Gasteiger partial charge in [-0.05, 0) is 26.2 Å². The zero-order valence-electron chi connectivity index (χ0n) is 12.0. The molecule has 2 bridgehead atoms. The summed E-state index contributed by atoms with van der Waals surface area (Å²) >= 11 is 6.34. The van der Waals surface area contributed by atoms with E-state index < -0.39 is 0 Å². The number of ether oxygens (including phenoxy) is 2. The summed E-state index contributed by atoms with van der Waals surface area (Å²) in [5.74, 6) is 1.30. The molecule has 6 nitrogen and oxygen atoms in total. The van der Waals surface area contributed by atoms with Crippen LogP contribution in [0.3, 0.4) is 0 Å². The van der Waals surface area contributed by atoms with Crippen molar-refractivity contribution in [3.63, 3.8) is 0 Å². The number of imidazole rings is 1. The molecule has 2 aromatic rings. The second-order valence-electron chi connectivity index (χ2n) is 5.69.